The summed E-state index contributed by atoms with van der Waals surface area (Å²) >= 11 is 0. The average Bonchev–Trinajstić information content (AvgIpc) is 2.66. The Kier molecular flexibility index (Phi) is 4.57. The van der Waals surface area contributed by atoms with E-state index in [9.17, 15) is 14.3 Å². The molecule has 2 N–H and O–H groups in total. The smallest absolute Gasteiger partial charge is 0.308 e. The van der Waals surface area contributed by atoms with Crippen molar-refractivity contribution in [2.45, 2.75) is 38.1 Å². The summed E-state index contributed by atoms with van der Waals surface area (Å²) in [4.78, 5) is 11.3. The first-order valence-electron chi connectivity index (χ1n) is 6.81. The van der Waals surface area contributed by atoms with Crippen molar-refractivity contribution in [3.8, 4) is 6.07 Å². The molecule has 0 aromatic heterocycles. The Morgan fingerprint density at radius 1 is 1.35 bits per heavy atom. The van der Waals surface area contributed by atoms with E-state index in [1.54, 1.807) is 0 Å². The van der Waals surface area contributed by atoms with Gasteiger partial charge in [0.05, 0.1) is 23.2 Å². The van der Waals surface area contributed by atoms with Gasteiger partial charge in [0.2, 0.25) is 0 Å². The van der Waals surface area contributed by atoms with Crippen molar-refractivity contribution in [1.29, 1.82) is 5.26 Å². The normalized spacial score (nSPS) is 22.6. The van der Waals surface area contributed by atoms with Gasteiger partial charge in [-0.1, -0.05) is 19.3 Å². The lowest BCUT2D eigenvalue weighted by atomic mass is 9.94. The Morgan fingerprint density at radius 2 is 2.10 bits per heavy atom. The SMILES string of the molecule is N#Cc1ccc(NC2CCCCCC2C(=O)O)c(F)c1. The molecule has 0 aliphatic heterocycles. The predicted molar refractivity (Wildman–Crippen MR) is 72.7 cm³/mol. The minimum absolute atomic E-state index is 0.253. The predicted octanol–water partition coefficient (Wildman–Crippen LogP) is 3.14. The largest absolute Gasteiger partial charge is 0.481 e. The van der Waals surface area contributed by atoms with Crippen LogP contribution in [0.4, 0.5) is 10.1 Å². The zero-order chi connectivity index (χ0) is 14.5. The van der Waals surface area contributed by atoms with Gasteiger partial charge in [-0.15, -0.1) is 0 Å². The molecule has 0 radical (unpaired) electrons. The van der Waals surface area contributed by atoms with Crippen LogP contribution < -0.4 is 5.32 Å². The molecule has 1 fully saturated rings. The average molecular weight is 276 g/mol. The quantitative estimate of drug-likeness (QED) is 0.832. The third-order valence-corrected chi connectivity index (χ3v) is 3.77. The van der Waals surface area contributed by atoms with Gasteiger partial charge in [-0.2, -0.15) is 5.26 Å². The number of benzene rings is 1. The van der Waals surface area contributed by atoms with Gasteiger partial charge in [-0.3, -0.25) is 4.79 Å². The fraction of sp³-hybridized carbons (Fsp3) is 0.467. The highest BCUT2D eigenvalue weighted by Crippen LogP contribution is 2.27. The van der Waals surface area contributed by atoms with Crippen LogP contribution in [0, 0.1) is 23.1 Å². The van der Waals surface area contributed by atoms with Crippen molar-refractivity contribution in [2.75, 3.05) is 5.32 Å². The zero-order valence-electron chi connectivity index (χ0n) is 11.1. The lowest BCUT2D eigenvalue weighted by Crippen LogP contribution is -2.34. The van der Waals surface area contributed by atoms with Crippen molar-refractivity contribution in [2.24, 2.45) is 5.92 Å². The van der Waals surface area contributed by atoms with Gasteiger partial charge in [-0.25, -0.2) is 4.39 Å². The number of nitrogens with one attached hydrogen (secondary N) is 1. The third kappa shape index (κ3) is 3.27. The second-order valence-corrected chi connectivity index (χ2v) is 5.14. The van der Waals surface area contributed by atoms with Crippen LogP contribution in [0.25, 0.3) is 0 Å². The Hall–Kier alpha value is -2.09. The van der Waals surface area contributed by atoms with E-state index in [-0.39, 0.29) is 17.3 Å². The molecule has 0 heterocycles. The number of carboxylic acids is 1. The highest BCUT2D eigenvalue weighted by atomic mass is 19.1. The molecule has 2 unspecified atom stereocenters. The molecule has 2 atom stereocenters. The van der Waals surface area contributed by atoms with Gasteiger partial charge in [0.15, 0.2) is 0 Å². The van der Waals surface area contributed by atoms with Gasteiger partial charge >= 0.3 is 5.97 Å². The Morgan fingerprint density at radius 3 is 2.75 bits per heavy atom. The first-order valence-corrected chi connectivity index (χ1v) is 6.81. The van der Waals surface area contributed by atoms with Crippen LogP contribution in [-0.4, -0.2) is 17.1 Å². The molecule has 0 spiro atoms. The molecule has 0 saturated heterocycles. The standard InChI is InChI=1S/C15H17FN2O2/c16-12-8-10(9-17)6-7-14(12)18-13-5-3-1-2-4-11(13)15(19)20/h6-8,11,13,18H,1-5H2,(H,19,20). The lowest BCUT2D eigenvalue weighted by molar-refractivity contribution is -0.142. The van der Waals surface area contributed by atoms with Gasteiger partial charge in [0, 0.05) is 6.04 Å². The number of hydrogen-bond donors (Lipinski definition) is 2. The van der Waals surface area contributed by atoms with E-state index >= 15 is 0 Å². The summed E-state index contributed by atoms with van der Waals surface area (Å²) in [5, 5.41) is 21.0. The molecular weight excluding hydrogens is 259 g/mol. The zero-order valence-corrected chi connectivity index (χ0v) is 11.1. The van der Waals surface area contributed by atoms with Crippen molar-refractivity contribution in [3.05, 3.63) is 29.6 Å². The number of halogens is 1. The Bertz CT molecular complexity index is 539. The molecule has 1 aromatic carbocycles. The van der Waals surface area contributed by atoms with E-state index in [1.807, 2.05) is 6.07 Å². The summed E-state index contributed by atoms with van der Waals surface area (Å²) in [7, 11) is 0. The number of rotatable bonds is 3. The van der Waals surface area contributed by atoms with E-state index in [1.165, 1.54) is 12.1 Å². The molecule has 1 aliphatic carbocycles. The topological polar surface area (TPSA) is 73.1 Å². The van der Waals surface area contributed by atoms with E-state index < -0.39 is 17.7 Å². The molecule has 106 valence electrons. The lowest BCUT2D eigenvalue weighted by Gasteiger charge is -2.24. The van der Waals surface area contributed by atoms with Crippen molar-refractivity contribution >= 4 is 11.7 Å². The maximum atomic E-state index is 13.9. The van der Waals surface area contributed by atoms with Gasteiger partial charge in [0.1, 0.15) is 5.82 Å². The van der Waals surface area contributed by atoms with Crippen LogP contribution in [0.2, 0.25) is 0 Å². The van der Waals surface area contributed by atoms with E-state index in [2.05, 4.69) is 5.32 Å². The van der Waals surface area contributed by atoms with Crippen LogP contribution in [0.15, 0.2) is 18.2 Å². The van der Waals surface area contributed by atoms with Crippen LogP contribution in [0.1, 0.15) is 37.7 Å². The number of carbonyl (C=O) groups is 1. The van der Waals surface area contributed by atoms with Crippen LogP contribution in [-0.2, 0) is 4.79 Å². The summed E-state index contributed by atoms with van der Waals surface area (Å²) in [5.41, 5.74) is 0.519. The highest BCUT2D eigenvalue weighted by molar-refractivity contribution is 5.71. The van der Waals surface area contributed by atoms with Gasteiger partial charge in [-0.05, 0) is 31.0 Å². The van der Waals surface area contributed by atoms with Gasteiger partial charge in [0.25, 0.3) is 0 Å². The Balaban J connectivity index is 2.18. The van der Waals surface area contributed by atoms with Crippen molar-refractivity contribution in [1.82, 2.24) is 0 Å². The molecule has 20 heavy (non-hydrogen) atoms. The van der Waals surface area contributed by atoms with Crippen molar-refractivity contribution in [3.63, 3.8) is 0 Å². The second-order valence-electron chi connectivity index (χ2n) is 5.14. The fourth-order valence-corrected chi connectivity index (χ4v) is 2.68. The summed E-state index contributed by atoms with van der Waals surface area (Å²) in [6, 6.07) is 5.79. The number of nitrogens with zero attached hydrogens (tertiary/aromatic N) is 1. The highest BCUT2D eigenvalue weighted by Gasteiger charge is 2.29. The molecule has 1 aliphatic rings. The molecule has 1 saturated carbocycles. The van der Waals surface area contributed by atoms with E-state index in [0.29, 0.717) is 6.42 Å². The minimum atomic E-state index is -0.835. The molecule has 2 rings (SSSR count). The minimum Gasteiger partial charge on any atom is -0.481 e. The summed E-state index contributed by atoms with van der Waals surface area (Å²) in [5.74, 6) is -1.84. The summed E-state index contributed by atoms with van der Waals surface area (Å²) < 4.78 is 13.9. The van der Waals surface area contributed by atoms with Crippen LogP contribution >= 0.6 is 0 Å². The maximum Gasteiger partial charge on any atom is 0.308 e. The molecule has 0 amide bonds. The molecule has 0 bridgehead atoms. The number of hydrogen-bond acceptors (Lipinski definition) is 3. The first-order chi connectivity index (χ1) is 9.61. The van der Waals surface area contributed by atoms with E-state index in [0.717, 1.165) is 31.7 Å². The number of anilines is 1. The van der Waals surface area contributed by atoms with Crippen LogP contribution in [0.3, 0.4) is 0 Å². The summed E-state index contributed by atoms with van der Waals surface area (Å²) in [6.07, 6.45) is 4.18. The maximum absolute atomic E-state index is 13.9. The second kappa shape index (κ2) is 6.38. The van der Waals surface area contributed by atoms with Crippen molar-refractivity contribution < 1.29 is 14.3 Å². The molecular formula is C15H17FN2O2. The molecule has 4 nitrogen and oxygen atoms in total. The number of nitriles is 1. The fourth-order valence-electron chi connectivity index (χ4n) is 2.68. The molecule has 5 heteroatoms. The van der Waals surface area contributed by atoms with E-state index in [4.69, 9.17) is 5.26 Å². The first kappa shape index (κ1) is 14.3. The van der Waals surface area contributed by atoms with Gasteiger partial charge < -0.3 is 10.4 Å². The number of aliphatic carboxylic acids is 1. The third-order valence-electron chi connectivity index (χ3n) is 3.77. The summed E-state index contributed by atoms with van der Waals surface area (Å²) in [6.45, 7) is 0. The van der Waals surface area contributed by atoms with Crippen LogP contribution in [0.5, 0.6) is 0 Å². The number of carboxylic acid groups (broad SMARTS) is 1. The monoisotopic (exact) mass is 276 g/mol. The Labute approximate surface area is 117 Å². The molecule has 1 aromatic rings.